The summed E-state index contributed by atoms with van der Waals surface area (Å²) in [6.45, 7) is 1.44. The van der Waals surface area contributed by atoms with Crippen LogP contribution in [0.3, 0.4) is 0 Å². The zero-order chi connectivity index (χ0) is 16.4. The number of aliphatic carboxylic acids is 1. The molecule has 3 N–H and O–H groups in total. The number of carbonyl (C=O) groups is 2. The number of hydrogen-bond acceptors (Lipinski definition) is 6. The third kappa shape index (κ3) is 3.46. The maximum atomic E-state index is 12.1. The number of carbonyl (C=O) groups excluding carboxylic acids is 1. The molecule has 122 valence electrons. The van der Waals surface area contributed by atoms with Crippen LogP contribution in [0.5, 0.6) is 0 Å². The first-order valence-corrected chi connectivity index (χ1v) is 8.82. The number of ether oxygens (including phenoxy) is 1. The highest BCUT2D eigenvalue weighted by molar-refractivity contribution is 7.91. The molecule has 1 fully saturated rings. The van der Waals surface area contributed by atoms with E-state index >= 15 is 0 Å². The van der Waals surface area contributed by atoms with Crippen molar-refractivity contribution in [3.63, 3.8) is 0 Å². The Bertz CT molecular complexity index is 649. The monoisotopic (exact) mass is 348 g/mol. The van der Waals surface area contributed by atoms with Gasteiger partial charge in [-0.1, -0.05) is 6.07 Å². The summed E-state index contributed by atoms with van der Waals surface area (Å²) in [7, 11) is -3.81. The zero-order valence-corrected chi connectivity index (χ0v) is 13.4. The Morgan fingerprint density at radius 1 is 1.50 bits per heavy atom. The fraction of sp³-hybridized carbons (Fsp3) is 0.500. The van der Waals surface area contributed by atoms with E-state index in [1.807, 2.05) is 0 Å². The molecule has 2 atom stereocenters. The smallest absolute Gasteiger partial charge is 0.331 e. The van der Waals surface area contributed by atoms with E-state index in [1.165, 1.54) is 13.0 Å². The predicted octanol–water partition coefficient (Wildman–Crippen LogP) is -0.225. The highest BCUT2D eigenvalue weighted by atomic mass is 32.2. The molecule has 0 aromatic carbocycles. The van der Waals surface area contributed by atoms with E-state index in [2.05, 4.69) is 10.0 Å². The van der Waals surface area contributed by atoms with Crippen molar-refractivity contribution < 1.29 is 27.9 Å². The number of hydrogen-bond donors (Lipinski definition) is 3. The molecule has 0 saturated carbocycles. The molecule has 1 amide bonds. The molecule has 0 aliphatic carbocycles. The molecule has 2 rings (SSSR count). The lowest BCUT2D eigenvalue weighted by molar-refractivity contribution is -0.147. The van der Waals surface area contributed by atoms with Crippen molar-refractivity contribution in [2.75, 3.05) is 13.2 Å². The number of thiophene rings is 1. The standard InChI is InChI=1S/C12H16N2O6S2/c1-8(14-22(18,19)9-3-2-6-21-9)10(15)13-12(11(16)17)4-5-20-7-12/h2-3,6,8,14H,4-5,7H2,1H3,(H,13,15)(H,16,17). The summed E-state index contributed by atoms with van der Waals surface area (Å²) in [6.07, 6.45) is 0.137. The molecule has 1 aromatic rings. The van der Waals surface area contributed by atoms with Crippen molar-refractivity contribution in [2.24, 2.45) is 0 Å². The molecule has 22 heavy (non-hydrogen) atoms. The van der Waals surface area contributed by atoms with Gasteiger partial charge < -0.3 is 15.2 Å². The van der Waals surface area contributed by atoms with Gasteiger partial charge in [0.05, 0.1) is 12.6 Å². The van der Waals surface area contributed by atoms with Crippen LogP contribution >= 0.6 is 11.3 Å². The van der Waals surface area contributed by atoms with Crippen LogP contribution in [0.25, 0.3) is 0 Å². The molecule has 0 bridgehead atoms. The lowest BCUT2D eigenvalue weighted by Gasteiger charge is -2.25. The van der Waals surface area contributed by atoms with Crippen LogP contribution < -0.4 is 10.0 Å². The summed E-state index contributed by atoms with van der Waals surface area (Å²) >= 11 is 1.02. The Hall–Kier alpha value is -1.49. The fourth-order valence-electron chi connectivity index (χ4n) is 1.99. The molecule has 1 saturated heterocycles. The molecule has 1 aromatic heterocycles. The molecule has 2 unspecified atom stereocenters. The second-order valence-corrected chi connectivity index (χ2v) is 7.84. The molecular weight excluding hydrogens is 332 g/mol. The Labute approximate surface area is 131 Å². The van der Waals surface area contributed by atoms with Crippen LogP contribution in [0.1, 0.15) is 13.3 Å². The van der Waals surface area contributed by atoms with Gasteiger partial charge in [0.1, 0.15) is 4.21 Å². The summed E-state index contributed by atoms with van der Waals surface area (Å²) in [5, 5.41) is 13.2. The fourth-order valence-corrected chi connectivity index (χ4v) is 4.20. The Morgan fingerprint density at radius 3 is 2.73 bits per heavy atom. The topological polar surface area (TPSA) is 122 Å². The highest BCUT2D eigenvalue weighted by Gasteiger charge is 2.44. The molecule has 0 spiro atoms. The molecular formula is C12H16N2O6S2. The van der Waals surface area contributed by atoms with Crippen molar-refractivity contribution in [1.29, 1.82) is 0 Å². The third-order valence-corrected chi connectivity index (χ3v) is 6.22. The van der Waals surface area contributed by atoms with E-state index in [4.69, 9.17) is 4.74 Å². The van der Waals surface area contributed by atoms with E-state index in [0.717, 1.165) is 11.3 Å². The van der Waals surface area contributed by atoms with Gasteiger partial charge in [-0.3, -0.25) is 4.79 Å². The second kappa shape index (κ2) is 6.32. The minimum absolute atomic E-state index is 0.0873. The highest BCUT2D eigenvalue weighted by Crippen LogP contribution is 2.20. The molecule has 1 aliphatic heterocycles. The lowest BCUT2D eigenvalue weighted by atomic mass is 9.98. The summed E-state index contributed by atoms with van der Waals surface area (Å²) in [6, 6.07) is 1.89. The SMILES string of the molecule is CC(NS(=O)(=O)c1cccs1)C(=O)NC1(C(=O)O)CCOC1. The summed E-state index contributed by atoms with van der Waals surface area (Å²) in [5.41, 5.74) is -1.50. The van der Waals surface area contributed by atoms with Gasteiger partial charge in [-0.15, -0.1) is 11.3 Å². The van der Waals surface area contributed by atoms with E-state index < -0.39 is 33.5 Å². The Balaban J connectivity index is 2.05. The first-order valence-electron chi connectivity index (χ1n) is 6.46. The van der Waals surface area contributed by atoms with Crippen LogP contribution in [0, 0.1) is 0 Å². The van der Waals surface area contributed by atoms with E-state index in [9.17, 15) is 23.1 Å². The quantitative estimate of drug-likeness (QED) is 0.653. The largest absolute Gasteiger partial charge is 0.479 e. The minimum atomic E-state index is -3.81. The van der Waals surface area contributed by atoms with E-state index in [0.29, 0.717) is 0 Å². The van der Waals surface area contributed by atoms with Crippen LogP contribution in [-0.2, 0) is 24.3 Å². The Morgan fingerprint density at radius 2 is 2.23 bits per heavy atom. The lowest BCUT2D eigenvalue weighted by Crippen LogP contribution is -2.59. The number of carboxylic acids is 1. The Kier molecular flexibility index (Phi) is 4.85. The number of carboxylic acid groups (broad SMARTS) is 1. The maximum Gasteiger partial charge on any atom is 0.331 e. The third-order valence-electron chi connectivity index (χ3n) is 3.28. The minimum Gasteiger partial charge on any atom is -0.479 e. The van der Waals surface area contributed by atoms with Crippen LogP contribution in [-0.4, -0.2) is 50.2 Å². The van der Waals surface area contributed by atoms with E-state index in [-0.39, 0.29) is 23.8 Å². The molecule has 1 aliphatic rings. The summed E-state index contributed by atoms with van der Waals surface area (Å²) in [5.74, 6) is -1.92. The number of sulfonamides is 1. The van der Waals surface area contributed by atoms with Crippen LogP contribution in [0.15, 0.2) is 21.7 Å². The van der Waals surface area contributed by atoms with Crippen LogP contribution in [0.2, 0.25) is 0 Å². The van der Waals surface area contributed by atoms with Crippen molar-refractivity contribution in [3.05, 3.63) is 17.5 Å². The van der Waals surface area contributed by atoms with Crippen molar-refractivity contribution in [2.45, 2.75) is 29.1 Å². The van der Waals surface area contributed by atoms with Crippen molar-refractivity contribution in [3.8, 4) is 0 Å². The molecule has 10 heteroatoms. The van der Waals surface area contributed by atoms with Gasteiger partial charge in [-0.2, -0.15) is 4.72 Å². The normalized spacial score (nSPS) is 23.1. The zero-order valence-electron chi connectivity index (χ0n) is 11.7. The molecule has 8 nitrogen and oxygen atoms in total. The van der Waals surface area contributed by atoms with Gasteiger partial charge in [-0.05, 0) is 18.4 Å². The van der Waals surface area contributed by atoms with Gasteiger partial charge in [0.25, 0.3) is 10.0 Å². The van der Waals surface area contributed by atoms with Crippen molar-refractivity contribution in [1.82, 2.24) is 10.0 Å². The van der Waals surface area contributed by atoms with Gasteiger partial charge in [0, 0.05) is 13.0 Å². The summed E-state index contributed by atoms with van der Waals surface area (Å²) in [4.78, 5) is 23.4. The number of rotatable bonds is 6. The first-order chi connectivity index (χ1) is 10.3. The first kappa shape index (κ1) is 16.9. The van der Waals surface area contributed by atoms with Gasteiger partial charge in [0.2, 0.25) is 5.91 Å². The van der Waals surface area contributed by atoms with Gasteiger partial charge in [-0.25, -0.2) is 13.2 Å². The number of nitrogens with one attached hydrogen (secondary N) is 2. The van der Waals surface area contributed by atoms with Crippen molar-refractivity contribution >= 4 is 33.2 Å². The average molecular weight is 348 g/mol. The molecule has 2 heterocycles. The second-order valence-electron chi connectivity index (χ2n) is 4.95. The average Bonchev–Trinajstić information content (AvgIpc) is 3.10. The maximum absolute atomic E-state index is 12.1. The van der Waals surface area contributed by atoms with Gasteiger partial charge in [0.15, 0.2) is 5.54 Å². The molecule has 0 radical (unpaired) electrons. The van der Waals surface area contributed by atoms with E-state index in [1.54, 1.807) is 11.4 Å². The summed E-state index contributed by atoms with van der Waals surface area (Å²) < 4.78 is 31.4. The predicted molar refractivity (Wildman–Crippen MR) is 78.0 cm³/mol. The van der Waals surface area contributed by atoms with Crippen LogP contribution in [0.4, 0.5) is 0 Å². The number of amides is 1. The van der Waals surface area contributed by atoms with Gasteiger partial charge >= 0.3 is 5.97 Å².